The Hall–Kier alpha value is -1.00. The van der Waals surface area contributed by atoms with Crippen LogP contribution in [-0.4, -0.2) is 31.1 Å². The second-order valence-electron chi connectivity index (χ2n) is 6.29. The van der Waals surface area contributed by atoms with E-state index in [9.17, 15) is 8.78 Å². The topological polar surface area (TPSA) is 15.3 Å². The van der Waals surface area contributed by atoms with Crippen LogP contribution in [0, 0.1) is 17.6 Å². The summed E-state index contributed by atoms with van der Waals surface area (Å²) in [6.07, 6.45) is 3.41. The third-order valence-electron chi connectivity index (χ3n) is 4.40. The van der Waals surface area contributed by atoms with Gasteiger partial charge >= 0.3 is 0 Å². The van der Waals surface area contributed by atoms with Crippen molar-refractivity contribution < 1.29 is 8.78 Å². The maximum Gasteiger partial charge on any atom is 0.126 e. The lowest BCUT2D eigenvalue weighted by molar-refractivity contribution is 0.118. The molecule has 0 saturated carbocycles. The highest BCUT2D eigenvalue weighted by molar-refractivity contribution is 5.23. The Labute approximate surface area is 126 Å². The summed E-state index contributed by atoms with van der Waals surface area (Å²) in [5.74, 6) is -0.594. The van der Waals surface area contributed by atoms with E-state index < -0.39 is 11.6 Å². The van der Waals surface area contributed by atoms with Crippen LogP contribution in [0.15, 0.2) is 18.2 Å². The average Bonchev–Trinajstić information content (AvgIpc) is 2.60. The van der Waals surface area contributed by atoms with Crippen LogP contribution in [0.25, 0.3) is 0 Å². The van der Waals surface area contributed by atoms with Gasteiger partial charge in [-0.2, -0.15) is 0 Å². The number of hydrogen-bond donors (Lipinski definition) is 1. The van der Waals surface area contributed by atoms with Crippen LogP contribution in [0.2, 0.25) is 0 Å². The molecule has 1 heterocycles. The summed E-state index contributed by atoms with van der Waals surface area (Å²) in [4.78, 5) is 2.39. The van der Waals surface area contributed by atoms with E-state index in [0.717, 1.165) is 37.6 Å². The van der Waals surface area contributed by atoms with Gasteiger partial charge < -0.3 is 5.32 Å². The Morgan fingerprint density at radius 1 is 1.19 bits per heavy atom. The molecule has 2 nitrogen and oxygen atoms in total. The molecule has 0 spiro atoms. The molecule has 2 atom stereocenters. The molecular formula is C17H26F2N2. The molecule has 4 heteroatoms. The maximum atomic E-state index is 13.7. The van der Waals surface area contributed by atoms with E-state index >= 15 is 0 Å². The molecule has 1 fully saturated rings. The van der Waals surface area contributed by atoms with E-state index in [1.165, 1.54) is 18.6 Å². The van der Waals surface area contributed by atoms with Gasteiger partial charge in [0.05, 0.1) is 0 Å². The van der Waals surface area contributed by atoms with Crippen LogP contribution in [0.5, 0.6) is 0 Å². The molecule has 118 valence electrons. The smallest absolute Gasteiger partial charge is 0.126 e. The fourth-order valence-electron chi connectivity index (χ4n) is 3.53. The van der Waals surface area contributed by atoms with Gasteiger partial charge in [0.2, 0.25) is 0 Å². The number of nitrogens with one attached hydrogen (secondary N) is 1. The van der Waals surface area contributed by atoms with Crippen molar-refractivity contribution in [2.24, 2.45) is 5.92 Å². The predicted molar refractivity (Wildman–Crippen MR) is 82.2 cm³/mol. The van der Waals surface area contributed by atoms with Crippen molar-refractivity contribution in [2.45, 2.75) is 45.2 Å². The highest BCUT2D eigenvalue weighted by atomic mass is 19.1. The molecule has 0 bridgehead atoms. The van der Waals surface area contributed by atoms with Gasteiger partial charge in [0.1, 0.15) is 11.6 Å². The molecule has 1 aromatic carbocycles. The highest BCUT2D eigenvalue weighted by Crippen LogP contribution is 2.36. The van der Waals surface area contributed by atoms with Crippen molar-refractivity contribution in [1.29, 1.82) is 0 Å². The summed E-state index contributed by atoms with van der Waals surface area (Å²) in [5, 5.41) is 3.24. The van der Waals surface area contributed by atoms with Crippen molar-refractivity contribution in [1.82, 2.24) is 10.2 Å². The fraction of sp³-hybridized carbons (Fsp3) is 0.647. The zero-order valence-electron chi connectivity index (χ0n) is 13.2. The third-order valence-corrected chi connectivity index (χ3v) is 4.40. The van der Waals surface area contributed by atoms with Crippen molar-refractivity contribution in [3.05, 3.63) is 35.4 Å². The van der Waals surface area contributed by atoms with Gasteiger partial charge in [-0.25, -0.2) is 8.78 Å². The Morgan fingerprint density at radius 3 is 2.43 bits per heavy atom. The number of rotatable bonds is 4. The van der Waals surface area contributed by atoms with Crippen LogP contribution in [0.4, 0.5) is 8.78 Å². The minimum absolute atomic E-state index is 0.0742. The van der Waals surface area contributed by atoms with Gasteiger partial charge in [-0.1, -0.05) is 6.42 Å². The zero-order chi connectivity index (χ0) is 15.4. The Bertz CT molecular complexity index is 442. The van der Waals surface area contributed by atoms with E-state index in [1.54, 1.807) is 0 Å². The van der Waals surface area contributed by atoms with E-state index in [2.05, 4.69) is 24.1 Å². The Kier molecular flexibility index (Phi) is 5.71. The molecular weight excluding hydrogens is 270 g/mol. The van der Waals surface area contributed by atoms with Gasteiger partial charge in [-0.15, -0.1) is 0 Å². The summed E-state index contributed by atoms with van der Waals surface area (Å²) in [7, 11) is 1.94. The van der Waals surface area contributed by atoms with Crippen LogP contribution in [-0.2, 0) is 0 Å². The van der Waals surface area contributed by atoms with Crippen LogP contribution in [0.3, 0.4) is 0 Å². The van der Waals surface area contributed by atoms with Crippen LogP contribution < -0.4 is 5.32 Å². The number of benzene rings is 1. The largest absolute Gasteiger partial charge is 0.319 e. The lowest BCUT2D eigenvalue weighted by atomic mass is 9.88. The predicted octanol–water partition coefficient (Wildman–Crippen LogP) is 3.74. The van der Waals surface area contributed by atoms with Crippen molar-refractivity contribution in [2.75, 3.05) is 20.1 Å². The lowest BCUT2D eigenvalue weighted by Gasteiger charge is -2.38. The lowest BCUT2D eigenvalue weighted by Crippen LogP contribution is -2.40. The number of hydrogen-bond acceptors (Lipinski definition) is 2. The van der Waals surface area contributed by atoms with Gasteiger partial charge in [-0.05, 0) is 70.4 Å². The summed E-state index contributed by atoms with van der Waals surface area (Å²) in [6, 6.07) is 4.38. The normalized spacial score (nSPS) is 24.3. The third kappa shape index (κ3) is 4.01. The van der Waals surface area contributed by atoms with Crippen molar-refractivity contribution in [3.63, 3.8) is 0 Å². The standard InChI is InChI=1S/C17H26F2N2/c1-12(2)21-7-5-4-6-13(11-20-3)17(21)14-8-15(18)10-16(19)9-14/h8-10,12-13,17,20H,4-7,11H2,1-3H3. The summed E-state index contributed by atoms with van der Waals surface area (Å²) < 4.78 is 27.3. The second-order valence-corrected chi connectivity index (χ2v) is 6.29. The minimum atomic E-state index is -0.485. The zero-order valence-corrected chi connectivity index (χ0v) is 13.2. The molecule has 1 aliphatic rings. The molecule has 1 aliphatic heterocycles. The van der Waals surface area contributed by atoms with Crippen molar-refractivity contribution >= 4 is 0 Å². The highest BCUT2D eigenvalue weighted by Gasteiger charge is 2.32. The van der Waals surface area contributed by atoms with Gasteiger partial charge in [0.25, 0.3) is 0 Å². The first-order valence-corrected chi connectivity index (χ1v) is 7.89. The minimum Gasteiger partial charge on any atom is -0.319 e. The quantitative estimate of drug-likeness (QED) is 0.910. The maximum absolute atomic E-state index is 13.7. The SMILES string of the molecule is CNCC1CCCCN(C(C)C)C1c1cc(F)cc(F)c1. The van der Waals surface area contributed by atoms with E-state index in [1.807, 2.05) is 7.05 Å². The molecule has 2 rings (SSSR count). The summed E-state index contributed by atoms with van der Waals surface area (Å²) in [5.41, 5.74) is 0.767. The summed E-state index contributed by atoms with van der Waals surface area (Å²) in [6.45, 7) is 6.17. The monoisotopic (exact) mass is 296 g/mol. The van der Waals surface area contributed by atoms with Gasteiger partial charge in [0.15, 0.2) is 0 Å². The molecule has 0 radical (unpaired) electrons. The Balaban J connectivity index is 2.41. The van der Waals surface area contributed by atoms with Crippen molar-refractivity contribution in [3.8, 4) is 0 Å². The first-order chi connectivity index (χ1) is 10.0. The molecule has 1 aromatic rings. The Morgan fingerprint density at radius 2 is 1.86 bits per heavy atom. The first-order valence-electron chi connectivity index (χ1n) is 7.89. The van der Waals surface area contributed by atoms with Crippen LogP contribution >= 0.6 is 0 Å². The average molecular weight is 296 g/mol. The van der Waals surface area contributed by atoms with Gasteiger partial charge in [0, 0.05) is 18.2 Å². The van der Waals surface area contributed by atoms with E-state index in [-0.39, 0.29) is 6.04 Å². The van der Waals surface area contributed by atoms with Crippen LogP contribution in [0.1, 0.15) is 44.7 Å². The molecule has 0 aromatic heterocycles. The molecule has 1 N–H and O–H groups in total. The number of likely N-dealkylation sites (tertiary alicyclic amines) is 1. The second kappa shape index (κ2) is 7.32. The fourth-order valence-corrected chi connectivity index (χ4v) is 3.53. The van der Waals surface area contributed by atoms with E-state index in [0.29, 0.717) is 12.0 Å². The molecule has 1 saturated heterocycles. The molecule has 21 heavy (non-hydrogen) atoms. The molecule has 2 unspecified atom stereocenters. The molecule has 0 amide bonds. The van der Waals surface area contributed by atoms with E-state index in [4.69, 9.17) is 0 Å². The van der Waals surface area contributed by atoms with Gasteiger partial charge in [-0.3, -0.25) is 4.90 Å². The number of nitrogens with zero attached hydrogens (tertiary/aromatic N) is 1. The first kappa shape index (κ1) is 16.4. The molecule has 0 aliphatic carbocycles. The number of halogens is 2. The summed E-state index contributed by atoms with van der Waals surface area (Å²) >= 11 is 0.